The lowest BCUT2D eigenvalue weighted by Gasteiger charge is -2.27. The zero-order chi connectivity index (χ0) is 8.27. The summed E-state index contributed by atoms with van der Waals surface area (Å²) in [6, 6.07) is -0.00954. The summed E-state index contributed by atoms with van der Waals surface area (Å²) < 4.78 is 0. The van der Waals surface area contributed by atoms with Crippen LogP contribution in [-0.4, -0.2) is 43.1 Å². The summed E-state index contributed by atoms with van der Waals surface area (Å²) in [6.07, 6.45) is 2.18. The van der Waals surface area contributed by atoms with Gasteiger partial charge in [0.05, 0.1) is 0 Å². The maximum absolute atomic E-state index is 11.3. The number of urea groups is 1. The van der Waals surface area contributed by atoms with Gasteiger partial charge < -0.3 is 4.90 Å². The number of amides is 2. The van der Waals surface area contributed by atoms with Crippen LogP contribution in [-0.2, 0) is 0 Å². The molecule has 1 radical (unpaired) electrons. The molecule has 1 fully saturated rings. The van der Waals surface area contributed by atoms with Crippen molar-refractivity contribution in [1.29, 1.82) is 0 Å². The monoisotopic (exact) mass is 156 g/mol. The van der Waals surface area contributed by atoms with E-state index in [1.165, 1.54) is 0 Å². The van der Waals surface area contributed by atoms with Crippen LogP contribution in [0, 0.1) is 0 Å². The quantitative estimate of drug-likeness (QED) is 0.496. The summed E-state index contributed by atoms with van der Waals surface area (Å²) in [6.45, 7) is 1.57. The van der Waals surface area contributed by atoms with Crippen LogP contribution >= 0.6 is 0 Å². The predicted molar refractivity (Wildman–Crippen MR) is 42.0 cm³/mol. The van der Waals surface area contributed by atoms with E-state index in [9.17, 15) is 4.79 Å². The molecule has 0 aromatic carbocycles. The normalized spacial score (nSPS) is 18.2. The Bertz CT molecular complexity index is 141. The highest BCUT2D eigenvalue weighted by Gasteiger charge is 2.18. The molecule has 1 heterocycles. The Kier molecular flexibility index (Phi) is 2.70. The van der Waals surface area contributed by atoms with Gasteiger partial charge in [0.15, 0.2) is 0 Å². The Hall–Kier alpha value is -0.770. The van der Waals surface area contributed by atoms with E-state index in [0.717, 1.165) is 25.9 Å². The van der Waals surface area contributed by atoms with Crippen LogP contribution < -0.4 is 5.43 Å². The molecule has 0 aromatic heterocycles. The standard InChI is InChI=1S/C7H14N3O/c1-9(2)7(11)10-6-4-3-5-8-10/h3-6H2,1-2H3. The zero-order valence-corrected chi connectivity index (χ0v) is 7.08. The van der Waals surface area contributed by atoms with Crippen LogP contribution in [0.25, 0.3) is 0 Å². The molecular formula is C7H14N3O. The Morgan fingerprint density at radius 2 is 2.18 bits per heavy atom. The van der Waals surface area contributed by atoms with E-state index in [1.807, 2.05) is 0 Å². The van der Waals surface area contributed by atoms with E-state index in [0.29, 0.717) is 0 Å². The van der Waals surface area contributed by atoms with Crippen molar-refractivity contribution in [3.8, 4) is 0 Å². The third-order valence-corrected chi connectivity index (χ3v) is 1.65. The topological polar surface area (TPSA) is 37.7 Å². The first-order valence-electron chi connectivity index (χ1n) is 3.88. The summed E-state index contributed by atoms with van der Waals surface area (Å²) in [4.78, 5) is 12.8. The number of carbonyl (C=O) groups is 1. The van der Waals surface area contributed by atoms with Gasteiger partial charge >= 0.3 is 6.03 Å². The molecule has 1 aliphatic rings. The molecule has 4 nitrogen and oxygen atoms in total. The largest absolute Gasteiger partial charge is 0.335 e. The van der Waals surface area contributed by atoms with Crippen LogP contribution in [0.3, 0.4) is 0 Å². The number of carbonyl (C=O) groups excluding carboxylic acids is 1. The summed E-state index contributed by atoms with van der Waals surface area (Å²) in [5.41, 5.74) is 4.09. The Morgan fingerprint density at radius 1 is 1.45 bits per heavy atom. The van der Waals surface area contributed by atoms with Gasteiger partial charge in [0, 0.05) is 27.2 Å². The lowest BCUT2D eigenvalue weighted by Crippen LogP contribution is -2.46. The van der Waals surface area contributed by atoms with E-state index in [4.69, 9.17) is 0 Å². The SMILES string of the molecule is CN(C)C(=O)N1CCCC[N]1. The summed E-state index contributed by atoms with van der Waals surface area (Å²) in [7, 11) is 3.49. The predicted octanol–water partition coefficient (Wildman–Crippen LogP) is 0.283. The van der Waals surface area contributed by atoms with Crippen molar-refractivity contribution in [2.45, 2.75) is 12.8 Å². The van der Waals surface area contributed by atoms with Crippen LogP contribution in [0.5, 0.6) is 0 Å². The van der Waals surface area contributed by atoms with Crippen molar-refractivity contribution in [1.82, 2.24) is 15.3 Å². The van der Waals surface area contributed by atoms with Crippen LogP contribution in [0.2, 0.25) is 0 Å². The second kappa shape index (κ2) is 3.57. The number of hydrogen-bond acceptors (Lipinski definition) is 1. The van der Waals surface area contributed by atoms with Gasteiger partial charge in [-0.2, -0.15) is 0 Å². The lowest BCUT2D eigenvalue weighted by atomic mass is 10.3. The number of hydrogen-bond donors (Lipinski definition) is 0. The minimum absolute atomic E-state index is 0.00954. The Balaban J connectivity index is 2.39. The van der Waals surface area contributed by atoms with Gasteiger partial charge in [-0.05, 0) is 12.8 Å². The zero-order valence-electron chi connectivity index (χ0n) is 7.08. The molecule has 0 N–H and O–H groups in total. The number of nitrogens with zero attached hydrogens (tertiary/aromatic N) is 3. The molecule has 1 rings (SSSR count). The average Bonchev–Trinajstić information content (AvgIpc) is 2.05. The molecule has 0 unspecified atom stereocenters. The number of rotatable bonds is 0. The minimum Gasteiger partial charge on any atom is -0.330 e. The van der Waals surface area contributed by atoms with Crippen molar-refractivity contribution in [2.75, 3.05) is 27.2 Å². The molecule has 11 heavy (non-hydrogen) atoms. The van der Waals surface area contributed by atoms with Gasteiger partial charge in [0.2, 0.25) is 0 Å². The molecule has 4 heteroatoms. The van der Waals surface area contributed by atoms with Gasteiger partial charge in [0.25, 0.3) is 0 Å². The van der Waals surface area contributed by atoms with Gasteiger partial charge in [-0.1, -0.05) is 0 Å². The van der Waals surface area contributed by atoms with E-state index in [-0.39, 0.29) is 6.03 Å². The smallest absolute Gasteiger partial charge is 0.330 e. The fourth-order valence-corrected chi connectivity index (χ4v) is 1.02. The molecule has 0 spiro atoms. The van der Waals surface area contributed by atoms with E-state index in [1.54, 1.807) is 24.0 Å². The Morgan fingerprint density at radius 3 is 2.64 bits per heavy atom. The molecule has 2 amide bonds. The maximum Gasteiger partial charge on any atom is 0.335 e. The summed E-state index contributed by atoms with van der Waals surface area (Å²) >= 11 is 0. The van der Waals surface area contributed by atoms with Gasteiger partial charge in [-0.15, -0.1) is 5.43 Å². The van der Waals surface area contributed by atoms with Crippen molar-refractivity contribution >= 4 is 6.03 Å². The highest BCUT2D eigenvalue weighted by Crippen LogP contribution is 2.02. The molecule has 1 aliphatic heterocycles. The molecule has 1 saturated heterocycles. The first kappa shape index (κ1) is 8.33. The van der Waals surface area contributed by atoms with E-state index in [2.05, 4.69) is 5.43 Å². The molecule has 63 valence electrons. The third kappa shape index (κ3) is 2.08. The molecule has 0 saturated carbocycles. The third-order valence-electron chi connectivity index (χ3n) is 1.65. The second-order valence-electron chi connectivity index (χ2n) is 2.87. The lowest BCUT2D eigenvalue weighted by molar-refractivity contribution is 0.127. The van der Waals surface area contributed by atoms with Crippen molar-refractivity contribution in [3.05, 3.63) is 0 Å². The second-order valence-corrected chi connectivity index (χ2v) is 2.87. The van der Waals surface area contributed by atoms with Crippen molar-refractivity contribution in [3.63, 3.8) is 0 Å². The van der Waals surface area contributed by atoms with E-state index < -0.39 is 0 Å². The van der Waals surface area contributed by atoms with Gasteiger partial charge in [-0.3, -0.25) is 0 Å². The Labute approximate surface area is 67.1 Å². The van der Waals surface area contributed by atoms with Gasteiger partial charge in [-0.25, -0.2) is 9.80 Å². The first-order chi connectivity index (χ1) is 5.22. The highest BCUT2D eigenvalue weighted by molar-refractivity contribution is 5.73. The maximum atomic E-state index is 11.3. The molecule has 0 bridgehead atoms. The van der Waals surface area contributed by atoms with E-state index >= 15 is 0 Å². The molecule has 0 aliphatic carbocycles. The summed E-state index contributed by atoms with van der Waals surface area (Å²) in [5.74, 6) is 0. The fourth-order valence-electron chi connectivity index (χ4n) is 1.02. The van der Waals surface area contributed by atoms with Crippen molar-refractivity contribution < 1.29 is 4.79 Å². The molecule has 0 aromatic rings. The molecular weight excluding hydrogens is 142 g/mol. The van der Waals surface area contributed by atoms with Crippen LogP contribution in [0.15, 0.2) is 0 Å². The first-order valence-corrected chi connectivity index (χ1v) is 3.88. The average molecular weight is 156 g/mol. The minimum atomic E-state index is -0.00954. The fraction of sp³-hybridized carbons (Fsp3) is 0.857. The molecule has 0 atom stereocenters. The summed E-state index contributed by atoms with van der Waals surface area (Å²) in [5, 5.41) is 1.55. The van der Waals surface area contributed by atoms with Crippen LogP contribution in [0.1, 0.15) is 12.8 Å². The highest BCUT2D eigenvalue weighted by atomic mass is 16.2. The van der Waals surface area contributed by atoms with Crippen molar-refractivity contribution in [2.24, 2.45) is 0 Å². The van der Waals surface area contributed by atoms with Crippen LogP contribution in [0.4, 0.5) is 4.79 Å². The van der Waals surface area contributed by atoms with Gasteiger partial charge in [0.1, 0.15) is 0 Å².